The molecule has 0 radical (unpaired) electrons. The third-order valence-corrected chi connectivity index (χ3v) is 9.29. The van der Waals surface area contributed by atoms with Gasteiger partial charge in [0.05, 0.1) is 0 Å². The zero-order valence-electron chi connectivity index (χ0n) is 19.4. The van der Waals surface area contributed by atoms with Crippen LogP contribution in [0.1, 0.15) is 121 Å². The normalized spacial score (nSPS) is 35.2. The van der Waals surface area contributed by atoms with Crippen LogP contribution >= 0.6 is 0 Å². The van der Waals surface area contributed by atoms with Crippen LogP contribution in [-0.2, 0) is 6.42 Å². The number of benzene rings is 1. The number of fused-ring (bicyclic) bond motifs is 1. The molecule has 0 bridgehead atoms. The van der Waals surface area contributed by atoms with Crippen LogP contribution in [0.15, 0.2) is 24.3 Å². The third-order valence-electron chi connectivity index (χ3n) is 9.29. The largest absolute Gasteiger partial charge is 0.0654 e. The Kier molecular flexibility index (Phi) is 7.77. The molecule has 4 unspecified atom stereocenters. The Morgan fingerprint density at radius 2 is 1.28 bits per heavy atom. The van der Waals surface area contributed by atoms with E-state index in [4.69, 9.17) is 0 Å². The van der Waals surface area contributed by atoms with Gasteiger partial charge in [-0.05, 0) is 104 Å². The molecule has 3 aliphatic rings. The molecule has 162 valence electrons. The molecule has 0 heterocycles. The van der Waals surface area contributed by atoms with Crippen LogP contribution in [0.25, 0.3) is 0 Å². The van der Waals surface area contributed by atoms with Gasteiger partial charge in [0.25, 0.3) is 0 Å². The Hall–Kier alpha value is -0.780. The van der Waals surface area contributed by atoms with Crippen molar-refractivity contribution in [1.82, 2.24) is 0 Å². The molecular formula is C29H46. The topological polar surface area (TPSA) is 0 Å². The van der Waals surface area contributed by atoms with Crippen molar-refractivity contribution in [1.29, 1.82) is 0 Å². The molecule has 0 amide bonds. The third kappa shape index (κ3) is 5.48. The monoisotopic (exact) mass is 394 g/mol. The van der Waals surface area contributed by atoms with Gasteiger partial charge in [-0.15, -0.1) is 0 Å². The summed E-state index contributed by atoms with van der Waals surface area (Å²) in [4.78, 5) is 0. The second-order valence-electron chi connectivity index (χ2n) is 11.0. The summed E-state index contributed by atoms with van der Waals surface area (Å²) in [5, 5.41) is 0. The first kappa shape index (κ1) is 21.5. The van der Waals surface area contributed by atoms with E-state index in [1.54, 1.807) is 44.1 Å². The predicted molar refractivity (Wildman–Crippen MR) is 126 cm³/mol. The summed E-state index contributed by atoms with van der Waals surface area (Å²) in [7, 11) is 0. The van der Waals surface area contributed by atoms with Crippen molar-refractivity contribution in [3.8, 4) is 0 Å². The van der Waals surface area contributed by atoms with Gasteiger partial charge in [0.15, 0.2) is 0 Å². The smallest absolute Gasteiger partial charge is 0.0159 e. The second kappa shape index (κ2) is 10.5. The molecule has 4 rings (SSSR count). The minimum Gasteiger partial charge on any atom is -0.0654 e. The highest BCUT2D eigenvalue weighted by molar-refractivity contribution is 5.26. The highest BCUT2D eigenvalue weighted by Crippen LogP contribution is 2.51. The standard InChI is InChI=1S/C29H46/c1-3-5-6-7-23-10-14-25(15-11-23)27-17-19-28-20-26(16-18-29(28)21-27)24-12-8-22(4-2)9-13-24/h8-9,12-13,23,25-29H,3-7,10-11,14-21H2,1-2H3. The zero-order valence-corrected chi connectivity index (χ0v) is 19.4. The molecule has 3 saturated carbocycles. The Morgan fingerprint density at radius 3 is 1.97 bits per heavy atom. The Morgan fingerprint density at radius 1 is 0.655 bits per heavy atom. The SMILES string of the molecule is CCCCCC1CCC(C2CCC3CC(c4ccc(CC)cc4)CCC3C2)CC1. The molecule has 0 aromatic heterocycles. The maximum atomic E-state index is 2.44. The van der Waals surface area contributed by atoms with E-state index in [0.717, 1.165) is 41.9 Å². The maximum absolute atomic E-state index is 2.44. The highest BCUT2D eigenvalue weighted by atomic mass is 14.4. The number of unbranched alkanes of at least 4 members (excludes halogenated alkanes) is 2. The first-order valence-electron chi connectivity index (χ1n) is 13.4. The quantitative estimate of drug-likeness (QED) is 0.405. The van der Waals surface area contributed by atoms with Crippen molar-refractivity contribution >= 4 is 0 Å². The van der Waals surface area contributed by atoms with Crippen LogP contribution in [0.4, 0.5) is 0 Å². The number of hydrogen-bond acceptors (Lipinski definition) is 0. The Labute approximate surface area is 181 Å². The molecule has 3 fully saturated rings. The molecular weight excluding hydrogens is 348 g/mol. The van der Waals surface area contributed by atoms with E-state index < -0.39 is 0 Å². The fraction of sp³-hybridized carbons (Fsp3) is 0.793. The molecule has 0 aliphatic heterocycles. The lowest BCUT2D eigenvalue weighted by Crippen LogP contribution is -2.34. The molecule has 1 aromatic carbocycles. The van der Waals surface area contributed by atoms with Gasteiger partial charge in [-0.3, -0.25) is 0 Å². The van der Waals surface area contributed by atoms with Crippen LogP contribution in [-0.4, -0.2) is 0 Å². The van der Waals surface area contributed by atoms with Crippen LogP contribution in [0.2, 0.25) is 0 Å². The zero-order chi connectivity index (χ0) is 20.1. The molecule has 1 aromatic rings. The maximum Gasteiger partial charge on any atom is -0.0159 e. The first-order chi connectivity index (χ1) is 14.3. The van der Waals surface area contributed by atoms with Gasteiger partial charge in [0, 0.05) is 0 Å². The van der Waals surface area contributed by atoms with Crippen LogP contribution in [0.5, 0.6) is 0 Å². The van der Waals surface area contributed by atoms with Gasteiger partial charge in [-0.25, -0.2) is 0 Å². The minimum absolute atomic E-state index is 0.845. The fourth-order valence-corrected chi connectivity index (χ4v) is 7.31. The fourth-order valence-electron chi connectivity index (χ4n) is 7.31. The van der Waals surface area contributed by atoms with Crippen molar-refractivity contribution in [3.05, 3.63) is 35.4 Å². The van der Waals surface area contributed by atoms with Gasteiger partial charge < -0.3 is 0 Å². The summed E-state index contributed by atoms with van der Waals surface area (Å²) in [5.74, 6) is 6.16. The summed E-state index contributed by atoms with van der Waals surface area (Å²) in [6, 6.07) is 9.62. The Bertz CT molecular complexity index is 591. The summed E-state index contributed by atoms with van der Waals surface area (Å²) >= 11 is 0. The summed E-state index contributed by atoms with van der Waals surface area (Å²) in [6.45, 7) is 4.60. The van der Waals surface area contributed by atoms with Crippen molar-refractivity contribution in [2.75, 3.05) is 0 Å². The lowest BCUT2D eigenvalue weighted by atomic mass is 9.60. The van der Waals surface area contributed by atoms with Crippen molar-refractivity contribution in [2.45, 2.75) is 116 Å². The summed E-state index contributed by atoms with van der Waals surface area (Å²) in [5.41, 5.74) is 3.12. The van der Waals surface area contributed by atoms with E-state index >= 15 is 0 Å². The summed E-state index contributed by atoms with van der Waals surface area (Å²) in [6.07, 6.45) is 22.3. The molecule has 29 heavy (non-hydrogen) atoms. The molecule has 0 saturated heterocycles. The van der Waals surface area contributed by atoms with Gasteiger partial charge in [-0.1, -0.05) is 76.6 Å². The van der Waals surface area contributed by atoms with Crippen LogP contribution in [0.3, 0.4) is 0 Å². The Balaban J connectivity index is 1.23. The van der Waals surface area contributed by atoms with Crippen molar-refractivity contribution < 1.29 is 0 Å². The van der Waals surface area contributed by atoms with Crippen molar-refractivity contribution in [3.63, 3.8) is 0 Å². The number of rotatable bonds is 7. The van der Waals surface area contributed by atoms with E-state index in [0.29, 0.717) is 0 Å². The first-order valence-corrected chi connectivity index (χ1v) is 13.4. The lowest BCUT2D eigenvalue weighted by molar-refractivity contribution is 0.0710. The van der Waals surface area contributed by atoms with E-state index in [1.807, 2.05) is 0 Å². The predicted octanol–water partition coefficient (Wildman–Crippen LogP) is 8.94. The van der Waals surface area contributed by atoms with Gasteiger partial charge in [0.2, 0.25) is 0 Å². The van der Waals surface area contributed by atoms with Gasteiger partial charge in [0.1, 0.15) is 0 Å². The summed E-state index contributed by atoms with van der Waals surface area (Å²) < 4.78 is 0. The van der Waals surface area contributed by atoms with Gasteiger partial charge in [-0.2, -0.15) is 0 Å². The molecule has 0 N–H and O–H groups in total. The molecule has 0 nitrogen and oxygen atoms in total. The van der Waals surface area contributed by atoms with Crippen LogP contribution in [0, 0.1) is 29.6 Å². The highest BCUT2D eigenvalue weighted by Gasteiger charge is 2.38. The van der Waals surface area contributed by atoms with E-state index in [9.17, 15) is 0 Å². The van der Waals surface area contributed by atoms with E-state index in [2.05, 4.69) is 38.1 Å². The van der Waals surface area contributed by atoms with Crippen molar-refractivity contribution in [2.24, 2.45) is 29.6 Å². The van der Waals surface area contributed by atoms with E-state index in [1.165, 1.54) is 56.9 Å². The molecule has 3 aliphatic carbocycles. The minimum atomic E-state index is 0.845. The average Bonchev–Trinajstić information content (AvgIpc) is 2.79. The number of hydrogen-bond donors (Lipinski definition) is 0. The van der Waals surface area contributed by atoms with E-state index in [-0.39, 0.29) is 0 Å². The number of aryl methyl sites for hydroxylation is 1. The van der Waals surface area contributed by atoms with Crippen LogP contribution < -0.4 is 0 Å². The van der Waals surface area contributed by atoms with Gasteiger partial charge >= 0.3 is 0 Å². The molecule has 4 atom stereocenters. The molecule has 0 spiro atoms. The lowest BCUT2D eigenvalue weighted by Gasteiger charge is -2.45. The average molecular weight is 395 g/mol. The molecule has 0 heteroatoms. The second-order valence-corrected chi connectivity index (χ2v) is 11.0.